The predicted molar refractivity (Wildman–Crippen MR) is 54.1 cm³/mol. The molecule has 0 rings (SSSR count). The Morgan fingerprint density at radius 2 is 1.58 bits per heavy atom. The quantitative estimate of drug-likeness (QED) is 0.547. The third-order valence-corrected chi connectivity index (χ3v) is 3.89. The zero-order valence-electron chi connectivity index (χ0n) is 5.85. The molecule has 3 nitrogen and oxygen atoms in total. The Morgan fingerprint density at radius 3 is 1.83 bits per heavy atom. The fraction of sp³-hybridized carbons (Fsp3) is 1.00. The number of hydrogen-bond acceptors (Lipinski definition) is 3. The summed E-state index contributed by atoms with van der Waals surface area (Å²) < 4.78 is -1.48. The zero-order chi connectivity index (χ0) is 9.99. The van der Waals surface area contributed by atoms with Crippen molar-refractivity contribution in [3.63, 3.8) is 0 Å². The molecule has 0 bridgehead atoms. The van der Waals surface area contributed by atoms with Crippen LogP contribution in [0.3, 0.4) is 0 Å². The third kappa shape index (κ3) is 6.93. The number of halogens is 4. The summed E-state index contributed by atoms with van der Waals surface area (Å²) in [5.41, 5.74) is 0. The van der Waals surface area contributed by atoms with Crippen LogP contribution < -0.4 is 0 Å². The van der Waals surface area contributed by atoms with Gasteiger partial charge in [0.1, 0.15) is 0 Å². The van der Waals surface area contributed by atoms with Crippen LogP contribution in [0.4, 0.5) is 0 Å². The van der Waals surface area contributed by atoms with Crippen LogP contribution in [0.2, 0.25) is 0 Å². The summed E-state index contributed by atoms with van der Waals surface area (Å²) in [6.07, 6.45) is 0.0933. The molecule has 0 radical (unpaired) electrons. The predicted octanol–water partition coefficient (Wildman–Crippen LogP) is 2.17. The summed E-state index contributed by atoms with van der Waals surface area (Å²) in [6.45, 7) is 0. The molecule has 1 unspecified atom stereocenters. The summed E-state index contributed by atoms with van der Waals surface area (Å²) in [4.78, 5) is 26.0. The Balaban J connectivity index is 3.80. The first-order chi connectivity index (χ1) is 5.13. The Morgan fingerprint density at radius 1 is 1.17 bits per heavy atom. The van der Waals surface area contributed by atoms with Gasteiger partial charge in [-0.3, -0.25) is 0 Å². The van der Waals surface area contributed by atoms with Crippen molar-refractivity contribution in [1.82, 2.24) is 0 Å². The first-order valence-electron chi connectivity index (χ1n) is 3.01. The Labute approximate surface area is 90.8 Å². The van der Waals surface area contributed by atoms with Crippen LogP contribution in [0.5, 0.6) is 0 Å². The van der Waals surface area contributed by atoms with Crippen LogP contribution in [-0.2, 0) is 0 Å². The van der Waals surface area contributed by atoms with Gasteiger partial charge in [-0.15, -0.1) is 0 Å². The standard InChI is InChI=1S/C4H9Cl4O3P/c5-3(12(9,10)11)1-2-4(6,7)8/h3,9-12H,1-2H2. The molecule has 0 aliphatic rings. The first kappa shape index (κ1) is 13.5. The Bertz CT molecular complexity index is 142. The molecular formula is C4H9Cl4O3P. The van der Waals surface area contributed by atoms with Gasteiger partial charge in [-0.25, -0.2) is 0 Å². The molecule has 76 valence electrons. The van der Waals surface area contributed by atoms with Crippen molar-refractivity contribution in [2.75, 3.05) is 0 Å². The molecule has 0 aliphatic carbocycles. The minimum atomic E-state index is -4.27. The van der Waals surface area contributed by atoms with E-state index in [0.717, 1.165) is 0 Å². The van der Waals surface area contributed by atoms with E-state index < -0.39 is 16.9 Å². The topological polar surface area (TPSA) is 60.7 Å². The van der Waals surface area contributed by atoms with Crippen molar-refractivity contribution in [2.24, 2.45) is 0 Å². The molecule has 12 heavy (non-hydrogen) atoms. The summed E-state index contributed by atoms with van der Waals surface area (Å²) in [5.74, 6) is 0. The average Bonchev–Trinajstić information content (AvgIpc) is 1.78. The maximum absolute atomic E-state index is 8.67. The molecule has 0 aromatic carbocycles. The Kier molecular flexibility index (Phi) is 5.40. The van der Waals surface area contributed by atoms with E-state index in [-0.39, 0.29) is 12.8 Å². The van der Waals surface area contributed by atoms with E-state index in [2.05, 4.69) is 0 Å². The van der Waals surface area contributed by atoms with Crippen molar-refractivity contribution >= 4 is 54.3 Å². The van der Waals surface area contributed by atoms with Gasteiger partial charge in [0.2, 0.25) is 0 Å². The summed E-state index contributed by atoms with van der Waals surface area (Å²) >= 11 is 21.5. The first-order valence-corrected chi connectivity index (χ1v) is 6.50. The van der Waals surface area contributed by atoms with Gasteiger partial charge in [0, 0.05) is 0 Å². The van der Waals surface area contributed by atoms with E-state index in [1.54, 1.807) is 0 Å². The zero-order valence-corrected chi connectivity index (χ0v) is 9.87. The van der Waals surface area contributed by atoms with E-state index in [1.807, 2.05) is 0 Å². The van der Waals surface area contributed by atoms with Crippen molar-refractivity contribution in [2.45, 2.75) is 21.8 Å². The van der Waals surface area contributed by atoms with Crippen molar-refractivity contribution < 1.29 is 14.7 Å². The van der Waals surface area contributed by atoms with Crippen LogP contribution in [0.25, 0.3) is 0 Å². The fourth-order valence-corrected chi connectivity index (χ4v) is 1.45. The SMILES string of the molecule is O[PH](O)(O)C(Cl)CCC(Cl)(Cl)Cl. The molecular weight excluding hydrogens is 269 g/mol. The molecule has 0 aromatic rings. The molecule has 0 fully saturated rings. The van der Waals surface area contributed by atoms with E-state index in [9.17, 15) is 0 Å². The van der Waals surface area contributed by atoms with Gasteiger partial charge in [-0.05, 0) is 0 Å². The third-order valence-electron chi connectivity index (χ3n) is 1.10. The molecule has 0 amide bonds. The van der Waals surface area contributed by atoms with E-state index in [4.69, 9.17) is 61.1 Å². The molecule has 8 heteroatoms. The fourth-order valence-electron chi connectivity index (χ4n) is 0.484. The van der Waals surface area contributed by atoms with Crippen LogP contribution >= 0.6 is 54.3 Å². The Hall–Kier alpha value is 1.47. The molecule has 0 heterocycles. The number of hydrogen-bond donors (Lipinski definition) is 3. The molecule has 0 saturated heterocycles. The number of rotatable bonds is 3. The van der Waals surface area contributed by atoms with Crippen LogP contribution in [0, 0.1) is 0 Å². The second-order valence-electron chi connectivity index (χ2n) is 2.31. The van der Waals surface area contributed by atoms with Crippen LogP contribution in [0.15, 0.2) is 0 Å². The molecule has 0 aromatic heterocycles. The van der Waals surface area contributed by atoms with Gasteiger partial charge in [0.15, 0.2) is 0 Å². The normalized spacial score (nSPS) is 17.6. The summed E-state index contributed by atoms with van der Waals surface area (Å²) in [7, 11) is -4.27. The monoisotopic (exact) mass is 276 g/mol. The van der Waals surface area contributed by atoms with Crippen molar-refractivity contribution in [3.8, 4) is 0 Å². The van der Waals surface area contributed by atoms with Gasteiger partial charge in [0.25, 0.3) is 0 Å². The minimum absolute atomic E-state index is 0.0355. The maximum atomic E-state index is 8.67. The molecule has 0 spiro atoms. The van der Waals surface area contributed by atoms with Gasteiger partial charge in [-0.2, -0.15) is 0 Å². The van der Waals surface area contributed by atoms with Gasteiger partial charge < -0.3 is 0 Å². The van der Waals surface area contributed by atoms with E-state index in [1.165, 1.54) is 0 Å². The molecule has 3 N–H and O–H groups in total. The summed E-state index contributed by atoms with van der Waals surface area (Å²) in [5, 5.41) is -1.15. The molecule has 0 aliphatic heterocycles. The van der Waals surface area contributed by atoms with Gasteiger partial charge in [0.05, 0.1) is 0 Å². The van der Waals surface area contributed by atoms with Crippen molar-refractivity contribution in [3.05, 3.63) is 0 Å². The molecule has 0 saturated carbocycles. The van der Waals surface area contributed by atoms with E-state index >= 15 is 0 Å². The van der Waals surface area contributed by atoms with Gasteiger partial charge >= 0.3 is 90.8 Å². The van der Waals surface area contributed by atoms with E-state index in [0.29, 0.717) is 0 Å². The van der Waals surface area contributed by atoms with Gasteiger partial charge in [-0.1, -0.05) is 0 Å². The molecule has 1 atom stereocenters. The van der Waals surface area contributed by atoms with Crippen LogP contribution in [0.1, 0.15) is 12.8 Å². The van der Waals surface area contributed by atoms with Crippen molar-refractivity contribution in [1.29, 1.82) is 0 Å². The number of alkyl halides is 4. The second kappa shape index (κ2) is 4.81. The second-order valence-corrected chi connectivity index (χ2v) is 7.79. The van der Waals surface area contributed by atoms with Crippen LogP contribution in [-0.4, -0.2) is 23.6 Å². The average molecular weight is 278 g/mol. The summed E-state index contributed by atoms with van der Waals surface area (Å²) in [6, 6.07) is 0.